The number of nitrogens with one attached hydrogen (secondary N) is 1. The minimum atomic E-state index is 0.849. The van der Waals surface area contributed by atoms with Gasteiger partial charge in [-0.3, -0.25) is 0 Å². The number of aryl methyl sites for hydroxylation is 2. The van der Waals surface area contributed by atoms with Crippen LogP contribution in [0.1, 0.15) is 24.1 Å². The molecule has 1 aliphatic heterocycles. The molecule has 1 aliphatic rings. The topological polar surface area (TPSA) is 50.9 Å². The number of para-hydroxylation sites is 1. The van der Waals surface area contributed by atoms with E-state index in [1.54, 1.807) is 11.3 Å². The minimum absolute atomic E-state index is 0.849. The fourth-order valence-corrected chi connectivity index (χ4v) is 3.34. The molecule has 0 unspecified atom stereocenters. The Morgan fingerprint density at radius 3 is 3.11 bits per heavy atom. The Kier molecular flexibility index (Phi) is 2.96. The van der Waals surface area contributed by atoms with E-state index in [1.165, 1.54) is 23.5 Å². The molecule has 0 bridgehead atoms. The Morgan fingerprint density at radius 1 is 1.33 bits per heavy atom. The van der Waals surface area contributed by atoms with Gasteiger partial charge >= 0.3 is 0 Å². The Morgan fingerprint density at radius 2 is 2.22 bits per heavy atom. The molecule has 18 heavy (non-hydrogen) atoms. The lowest BCUT2D eigenvalue weighted by atomic mass is 10.1. The lowest BCUT2D eigenvalue weighted by Gasteiger charge is -2.05. The smallest absolute Gasteiger partial charge is 0.127 e. The molecule has 0 radical (unpaired) electrons. The normalized spacial score (nSPS) is 14.7. The number of benzene rings is 1. The van der Waals surface area contributed by atoms with Gasteiger partial charge in [-0.15, -0.1) is 0 Å². The van der Waals surface area contributed by atoms with Gasteiger partial charge in [0.05, 0.1) is 5.69 Å². The highest BCUT2D eigenvalue weighted by molar-refractivity contribution is 7.19. The molecule has 2 aromatic rings. The second-order valence-electron chi connectivity index (χ2n) is 4.71. The van der Waals surface area contributed by atoms with E-state index >= 15 is 0 Å². The number of nitrogens with two attached hydrogens (primary N) is 1. The highest BCUT2D eigenvalue weighted by Crippen LogP contribution is 2.37. The third-order valence-electron chi connectivity index (χ3n) is 3.38. The van der Waals surface area contributed by atoms with Gasteiger partial charge in [-0.05, 0) is 37.8 Å². The van der Waals surface area contributed by atoms with Crippen LogP contribution < -0.4 is 11.1 Å². The summed E-state index contributed by atoms with van der Waals surface area (Å²) in [5.74, 6) is 0. The number of hydrogen-bond acceptors (Lipinski definition) is 4. The van der Waals surface area contributed by atoms with Crippen LogP contribution in [0, 0.1) is 6.92 Å². The van der Waals surface area contributed by atoms with E-state index in [0.717, 1.165) is 34.8 Å². The molecule has 0 saturated carbocycles. The van der Waals surface area contributed by atoms with E-state index in [2.05, 4.69) is 11.4 Å². The summed E-state index contributed by atoms with van der Waals surface area (Å²) in [6.07, 6.45) is 3.52. The number of rotatable bonds is 1. The van der Waals surface area contributed by atoms with Crippen LogP contribution in [0.25, 0.3) is 10.6 Å². The quantitative estimate of drug-likeness (QED) is 0.771. The summed E-state index contributed by atoms with van der Waals surface area (Å²) in [5.41, 5.74) is 10.4. The fraction of sp³-hybridized carbons (Fsp3) is 0.357. The first-order valence-electron chi connectivity index (χ1n) is 6.35. The summed E-state index contributed by atoms with van der Waals surface area (Å²) in [6.45, 7) is 3.09. The number of anilines is 2. The fourth-order valence-electron chi connectivity index (χ4n) is 2.26. The van der Waals surface area contributed by atoms with Crippen LogP contribution in [-0.4, -0.2) is 11.5 Å². The summed E-state index contributed by atoms with van der Waals surface area (Å²) in [5, 5.41) is 5.73. The lowest BCUT2D eigenvalue weighted by Crippen LogP contribution is -1.96. The van der Waals surface area contributed by atoms with E-state index < -0.39 is 0 Å². The Bertz CT molecular complexity index is 551. The summed E-state index contributed by atoms with van der Waals surface area (Å²) in [4.78, 5) is 4.76. The molecule has 0 atom stereocenters. The molecule has 1 aromatic carbocycles. The second kappa shape index (κ2) is 4.61. The van der Waals surface area contributed by atoms with Crippen LogP contribution in [0.15, 0.2) is 18.2 Å². The summed E-state index contributed by atoms with van der Waals surface area (Å²) in [6, 6.07) is 6.14. The highest BCUT2D eigenvalue weighted by Gasteiger charge is 2.16. The number of aromatic nitrogens is 1. The monoisotopic (exact) mass is 259 g/mol. The van der Waals surface area contributed by atoms with Gasteiger partial charge in [0, 0.05) is 17.8 Å². The van der Waals surface area contributed by atoms with Gasteiger partial charge in [-0.25, -0.2) is 4.98 Å². The largest absolute Gasteiger partial charge is 0.398 e. The maximum atomic E-state index is 6.15. The predicted octanol–water partition coefficient (Wildman–Crippen LogP) is 3.45. The SMILES string of the molecule is Cc1cccc(-c2nc3c(s2)NCCCC3)c1N. The second-order valence-corrected chi connectivity index (χ2v) is 5.71. The molecule has 0 saturated heterocycles. The molecule has 0 spiro atoms. The molecular weight excluding hydrogens is 242 g/mol. The molecule has 3 N–H and O–H groups in total. The molecule has 4 heteroatoms. The third kappa shape index (κ3) is 1.97. The Hall–Kier alpha value is -1.55. The average Bonchev–Trinajstić information content (AvgIpc) is 2.64. The van der Waals surface area contributed by atoms with Crippen LogP contribution in [0.4, 0.5) is 10.7 Å². The number of nitrogens with zero attached hydrogens (tertiary/aromatic N) is 1. The number of nitrogen functional groups attached to an aromatic ring is 1. The lowest BCUT2D eigenvalue weighted by molar-refractivity contribution is 0.775. The minimum Gasteiger partial charge on any atom is -0.398 e. The summed E-state index contributed by atoms with van der Waals surface area (Å²) >= 11 is 1.72. The van der Waals surface area contributed by atoms with Gasteiger partial charge in [-0.2, -0.15) is 0 Å². The molecule has 0 amide bonds. The van der Waals surface area contributed by atoms with Gasteiger partial charge in [0.2, 0.25) is 0 Å². The van der Waals surface area contributed by atoms with Crippen molar-refractivity contribution >= 4 is 22.0 Å². The zero-order valence-corrected chi connectivity index (χ0v) is 11.3. The average molecular weight is 259 g/mol. The van der Waals surface area contributed by atoms with Crippen molar-refractivity contribution in [3.63, 3.8) is 0 Å². The van der Waals surface area contributed by atoms with Crippen LogP contribution in [0.5, 0.6) is 0 Å². The summed E-state index contributed by atoms with van der Waals surface area (Å²) < 4.78 is 0. The van der Waals surface area contributed by atoms with Crippen molar-refractivity contribution in [1.29, 1.82) is 0 Å². The first-order valence-corrected chi connectivity index (χ1v) is 7.16. The predicted molar refractivity (Wildman–Crippen MR) is 78.1 cm³/mol. The Labute approximate surface area is 111 Å². The molecule has 2 heterocycles. The summed E-state index contributed by atoms with van der Waals surface area (Å²) in [7, 11) is 0. The molecule has 1 aromatic heterocycles. The van der Waals surface area contributed by atoms with Crippen molar-refractivity contribution < 1.29 is 0 Å². The van der Waals surface area contributed by atoms with Gasteiger partial charge in [0.1, 0.15) is 10.0 Å². The molecular formula is C14H17N3S. The van der Waals surface area contributed by atoms with Crippen molar-refractivity contribution in [2.45, 2.75) is 26.2 Å². The van der Waals surface area contributed by atoms with Crippen LogP contribution in [0.2, 0.25) is 0 Å². The van der Waals surface area contributed by atoms with Crippen LogP contribution in [-0.2, 0) is 6.42 Å². The van der Waals surface area contributed by atoms with Crippen molar-refractivity contribution in [2.75, 3.05) is 17.6 Å². The van der Waals surface area contributed by atoms with Crippen molar-refractivity contribution in [1.82, 2.24) is 4.98 Å². The maximum absolute atomic E-state index is 6.15. The zero-order chi connectivity index (χ0) is 12.5. The Balaban J connectivity index is 2.05. The number of thiazole rings is 1. The number of fused-ring (bicyclic) bond motifs is 1. The molecule has 3 rings (SSSR count). The van der Waals surface area contributed by atoms with Crippen molar-refractivity contribution in [2.24, 2.45) is 0 Å². The van der Waals surface area contributed by atoms with E-state index in [-0.39, 0.29) is 0 Å². The third-order valence-corrected chi connectivity index (χ3v) is 4.47. The standard InChI is InChI=1S/C14H17N3S/c1-9-5-4-6-10(12(9)15)13-17-11-7-2-3-8-16-14(11)18-13/h4-6,16H,2-3,7-8,15H2,1H3. The van der Waals surface area contributed by atoms with E-state index in [0.29, 0.717) is 0 Å². The molecule has 94 valence electrons. The van der Waals surface area contributed by atoms with Gasteiger partial charge in [0.15, 0.2) is 0 Å². The van der Waals surface area contributed by atoms with Gasteiger partial charge < -0.3 is 11.1 Å². The van der Waals surface area contributed by atoms with E-state index in [9.17, 15) is 0 Å². The molecule has 0 aliphatic carbocycles. The highest BCUT2D eigenvalue weighted by atomic mass is 32.1. The molecule has 0 fully saturated rings. The van der Waals surface area contributed by atoms with E-state index in [4.69, 9.17) is 10.7 Å². The van der Waals surface area contributed by atoms with Crippen molar-refractivity contribution in [3.8, 4) is 10.6 Å². The maximum Gasteiger partial charge on any atom is 0.127 e. The van der Waals surface area contributed by atoms with Crippen LogP contribution in [0.3, 0.4) is 0 Å². The molecule has 3 nitrogen and oxygen atoms in total. The van der Waals surface area contributed by atoms with Gasteiger partial charge in [0.25, 0.3) is 0 Å². The van der Waals surface area contributed by atoms with Crippen molar-refractivity contribution in [3.05, 3.63) is 29.5 Å². The van der Waals surface area contributed by atoms with Crippen LogP contribution >= 0.6 is 11.3 Å². The van der Waals surface area contributed by atoms with Gasteiger partial charge in [-0.1, -0.05) is 23.5 Å². The first kappa shape index (κ1) is 11.5. The first-order chi connectivity index (χ1) is 8.75. The zero-order valence-electron chi connectivity index (χ0n) is 10.5. The van der Waals surface area contributed by atoms with E-state index in [1.807, 2.05) is 19.1 Å². The number of hydrogen-bond donors (Lipinski definition) is 2.